The Morgan fingerprint density at radius 2 is 2.05 bits per heavy atom. The SMILES string of the molecule is C=C(O)[C@@H](NC(=O)[C@@H](C)N1CCc2sc(-c3ccnc(Nc4ccnn4C)n3)cc2C1=O)c1cc(F)cc(OC)c1. The Hall–Kier alpha value is -4.78. The Morgan fingerprint density at radius 3 is 2.76 bits per heavy atom. The van der Waals surface area contributed by atoms with Gasteiger partial charge >= 0.3 is 0 Å². The molecule has 2 atom stereocenters. The molecule has 4 heterocycles. The predicted molar refractivity (Wildman–Crippen MR) is 152 cm³/mol. The van der Waals surface area contributed by atoms with Gasteiger partial charge < -0.3 is 25.4 Å². The number of aliphatic hydroxyl groups excluding tert-OH is 1. The van der Waals surface area contributed by atoms with E-state index in [4.69, 9.17) is 4.74 Å². The molecule has 0 unspecified atom stereocenters. The third-order valence-corrected chi connectivity index (χ3v) is 8.00. The summed E-state index contributed by atoms with van der Waals surface area (Å²) in [6, 6.07) is 7.25. The van der Waals surface area contributed by atoms with Crippen LogP contribution in [0.2, 0.25) is 0 Å². The molecule has 4 aromatic rings. The molecule has 3 aromatic heterocycles. The van der Waals surface area contributed by atoms with Crippen molar-refractivity contribution in [1.82, 2.24) is 30.0 Å². The van der Waals surface area contributed by atoms with E-state index in [1.165, 1.54) is 41.5 Å². The molecular weight excluding hydrogens is 549 g/mol. The summed E-state index contributed by atoms with van der Waals surface area (Å²) >= 11 is 1.48. The van der Waals surface area contributed by atoms with Crippen LogP contribution in [0.4, 0.5) is 16.2 Å². The zero-order valence-corrected chi connectivity index (χ0v) is 23.4. The van der Waals surface area contributed by atoms with Crippen molar-refractivity contribution in [3.63, 3.8) is 0 Å². The minimum Gasteiger partial charge on any atom is -0.510 e. The van der Waals surface area contributed by atoms with Crippen molar-refractivity contribution in [1.29, 1.82) is 0 Å². The molecule has 11 nitrogen and oxygen atoms in total. The highest BCUT2D eigenvalue weighted by Crippen LogP contribution is 2.35. The number of benzene rings is 1. The minimum atomic E-state index is -1.09. The smallest absolute Gasteiger partial charge is 0.255 e. The molecule has 1 aliphatic rings. The van der Waals surface area contributed by atoms with Crippen molar-refractivity contribution in [2.24, 2.45) is 7.05 Å². The lowest BCUT2D eigenvalue weighted by Gasteiger charge is -2.32. The number of hydrogen-bond donors (Lipinski definition) is 3. The topological polar surface area (TPSA) is 134 Å². The second kappa shape index (κ2) is 11.4. The molecular formula is C28H28FN7O4S. The fraction of sp³-hybridized carbons (Fsp3) is 0.250. The quantitative estimate of drug-likeness (QED) is 0.253. The summed E-state index contributed by atoms with van der Waals surface area (Å²) in [4.78, 5) is 38.8. The molecule has 2 amide bonds. The van der Waals surface area contributed by atoms with Crippen molar-refractivity contribution in [3.05, 3.63) is 83.0 Å². The summed E-state index contributed by atoms with van der Waals surface area (Å²) in [7, 11) is 3.19. The van der Waals surface area contributed by atoms with Crippen LogP contribution in [-0.2, 0) is 18.3 Å². The van der Waals surface area contributed by atoms with Gasteiger partial charge in [0.2, 0.25) is 11.9 Å². The number of anilines is 2. The highest BCUT2D eigenvalue weighted by atomic mass is 32.1. The van der Waals surface area contributed by atoms with Crippen LogP contribution < -0.4 is 15.4 Å². The summed E-state index contributed by atoms with van der Waals surface area (Å²) in [6.45, 7) is 5.46. The molecule has 212 valence electrons. The number of aromatic nitrogens is 4. The molecule has 0 saturated heterocycles. The molecule has 0 spiro atoms. The number of nitrogens with one attached hydrogen (secondary N) is 2. The molecule has 0 saturated carbocycles. The highest BCUT2D eigenvalue weighted by molar-refractivity contribution is 7.15. The van der Waals surface area contributed by atoms with E-state index in [1.54, 1.807) is 49.2 Å². The minimum absolute atomic E-state index is 0.226. The molecule has 13 heteroatoms. The molecule has 1 aromatic carbocycles. The average molecular weight is 578 g/mol. The molecule has 0 aliphatic carbocycles. The van der Waals surface area contributed by atoms with Crippen molar-refractivity contribution >= 4 is 34.9 Å². The number of aliphatic hydroxyl groups is 1. The predicted octanol–water partition coefficient (Wildman–Crippen LogP) is 4.15. The number of nitrogens with zero attached hydrogens (tertiary/aromatic N) is 5. The maximum Gasteiger partial charge on any atom is 0.255 e. The number of ether oxygens (including phenoxy) is 1. The first-order valence-corrected chi connectivity index (χ1v) is 13.5. The van der Waals surface area contributed by atoms with E-state index < -0.39 is 23.8 Å². The first-order chi connectivity index (χ1) is 19.6. The van der Waals surface area contributed by atoms with Crippen LogP contribution in [0.25, 0.3) is 10.6 Å². The lowest BCUT2D eigenvalue weighted by molar-refractivity contribution is -0.126. The number of aryl methyl sites for hydroxylation is 1. The lowest BCUT2D eigenvalue weighted by atomic mass is 10.0. The third kappa shape index (κ3) is 5.75. The van der Waals surface area contributed by atoms with Crippen LogP contribution in [0.15, 0.2) is 61.1 Å². The Morgan fingerprint density at radius 1 is 1.24 bits per heavy atom. The third-order valence-electron chi connectivity index (χ3n) is 6.78. The number of carbonyl (C=O) groups excluding carboxylic acids is 2. The molecule has 0 radical (unpaired) electrons. The maximum atomic E-state index is 14.1. The van der Waals surface area contributed by atoms with Crippen LogP contribution in [0, 0.1) is 5.82 Å². The Bertz CT molecular complexity index is 1640. The van der Waals surface area contributed by atoms with Crippen LogP contribution in [0.1, 0.15) is 33.8 Å². The summed E-state index contributed by atoms with van der Waals surface area (Å²) in [5.41, 5.74) is 1.42. The Kier molecular flexibility index (Phi) is 7.70. The number of carbonyl (C=O) groups is 2. The fourth-order valence-corrected chi connectivity index (χ4v) is 5.68. The van der Waals surface area contributed by atoms with Gasteiger partial charge in [-0.25, -0.2) is 14.4 Å². The lowest BCUT2D eigenvalue weighted by Crippen LogP contribution is -2.51. The summed E-state index contributed by atoms with van der Waals surface area (Å²) in [5, 5.41) is 20.1. The van der Waals surface area contributed by atoms with Gasteiger partial charge in [0.15, 0.2) is 0 Å². The second-order valence-corrected chi connectivity index (χ2v) is 10.6. The normalized spacial score (nSPS) is 14.2. The number of halogens is 1. The van der Waals surface area contributed by atoms with Gasteiger partial charge in [-0.1, -0.05) is 6.58 Å². The van der Waals surface area contributed by atoms with Crippen LogP contribution in [-0.4, -0.2) is 61.3 Å². The molecule has 5 rings (SSSR count). The maximum absolute atomic E-state index is 14.1. The van der Waals surface area contributed by atoms with E-state index in [-0.39, 0.29) is 23.0 Å². The van der Waals surface area contributed by atoms with Gasteiger partial charge in [-0.05, 0) is 36.8 Å². The molecule has 1 aliphatic heterocycles. The van der Waals surface area contributed by atoms with Gasteiger partial charge in [0.25, 0.3) is 5.91 Å². The van der Waals surface area contributed by atoms with Crippen molar-refractivity contribution in [2.75, 3.05) is 19.0 Å². The standard InChI is InChI=1S/C28H28FN7O4S/c1-15(26(38)34-25(16(2)37)17-11-18(29)13-19(12-17)40-4)36-10-7-22-20(27(36)39)14-23(41-22)21-5-8-30-28(32-21)33-24-6-9-31-35(24)3/h5-6,8-9,11-15,25,37H,2,7,10H2,1,3-4H3,(H,34,38)(H,30,32,33)/t15-,25-/m1/s1. The van der Waals surface area contributed by atoms with Crippen LogP contribution in [0.5, 0.6) is 5.75 Å². The summed E-state index contributed by atoms with van der Waals surface area (Å²) in [5.74, 6) is -0.434. The Labute approximate surface area is 239 Å². The molecule has 0 bridgehead atoms. The van der Waals surface area contributed by atoms with Gasteiger partial charge in [-0.2, -0.15) is 5.10 Å². The Balaban J connectivity index is 1.32. The monoisotopic (exact) mass is 577 g/mol. The number of amides is 2. The van der Waals surface area contributed by atoms with Crippen molar-refractivity contribution in [2.45, 2.75) is 25.4 Å². The van der Waals surface area contributed by atoms with E-state index in [2.05, 4.69) is 32.3 Å². The largest absolute Gasteiger partial charge is 0.510 e. The molecule has 0 fully saturated rings. The van der Waals surface area contributed by atoms with E-state index >= 15 is 0 Å². The van der Waals surface area contributed by atoms with Gasteiger partial charge in [0.05, 0.1) is 29.4 Å². The number of methoxy groups -OCH3 is 1. The van der Waals surface area contributed by atoms with Crippen LogP contribution in [0.3, 0.4) is 0 Å². The molecule has 3 N–H and O–H groups in total. The zero-order chi connectivity index (χ0) is 29.3. The van der Waals surface area contributed by atoms with Crippen molar-refractivity contribution in [3.8, 4) is 16.3 Å². The van der Waals surface area contributed by atoms with E-state index in [0.29, 0.717) is 30.2 Å². The van der Waals surface area contributed by atoms with Gasteiger partial charge in [-0.3, -0.25) is 14.3 Å². The fourth-order valence-electron chi connectivity index (χ4n) is 4.57. The number of rotatable bonds is 9. The molecule has 41 heavy (non-hydrogen) atoms. The highest BCUT2D eigenvalue weighted by Gasteiger charge is 2.34. The first kappa shape index (κ1) is 27.8. The van der Waals surface area contributed by atoms with E-state index in [9.17, 15) is 19.1 Å². The number of fused-ring (bicyclic) bond motifs is 1. The number of hydrogen-bond acceptors (Lipinski definition) is 9. The van der Waals surface area contributed by atoms with Crippen molar-refractivity contribution < 1.29 is 23.8 Å². The summed E-state index contributed by atoms with van der Waals surface area (Å²) in [6.07, 6.45) is 3.86. The van der Waals surface area contributed by atoms with Gasteiger partial charge in [0, 0.05) is 43.2 Å². The average Bonchev–Trinajstić information content (AvgIpc) is 3.57. The van der Waals surface area contributed by atoms with E-state index in [1.807, 2.05) is 0 Å². The van der Waals surface area contributed by atoms with E-state index in [0.717, 1.165) is 15.6 Å². The number of thiophene rings is 1. The summed E-state index contributed by atoms with van der Waals surface area (Å²) < 4.78 is 20.9. The van der Waals surface area contributed by atoms with Crippen LogP contribution >= 0.6 is 11.3 Å². The van der Waals surface area contributed by atoms with Gasteiger partial charge in [-0.15, -0.1) is 11.3 Å². The second-order valence-electron chi connectivity index (χ2n) is 9.46. The first-order valence-electron chi connectivity index (χ1n) is 12.7. The zero-order valence-electron chi connectivity index (χ0n) is 22.6. The van der Waals surface area contributed by atoms with Gasteiger partial charge in [0.1, 0.15) is 35.2 Å².